The van der Waals surface area contributed by atoms with E-state index in [-0.39, 0.29) is 11.2 Å². The van der Waals surface area contributed by atoms with Crippen LogP contribution in [-0.4, -0.2) is 66.8 Å². The van der Waals surface area contributed by atoms with Crippen LogP contribution in [0.15, 0.2) is 182 Å². The van der Waals surface area contributed by atoms with Crippen molar-refractivity contribution >= 4 is 109 Å². The van der Waals surface area contributed by atoms with Gasteiger partial charge in [0.25, 0.3) is 0 Å². The number of thiophene rings is 3. The fraction of sp³-hybridized carbons (Fsp3) is 0.429. The summed E-state index contributed by atoms with van der Waals surface area (Å²) in [5, 5.41) is 18.0. The fourth-order valence-corrected chi connectivity index (χ4v) is 15.8. The van der Waals surface area contributed by atoms with Crippen LogP contribution < -0.4 is 16.0 Å². The monoisotopic (exact) mass is 1450 g/mol. The smallest absolute Gasteiger partial charge is 0.192 e. The molecule has 0 bridgehead atoms. The Morgan fingerprint density at radius 2 is 0.938 bits per heavy atom. The molecule has 0 saturated carbocycles. The van der Waals surface area contributed by atoms with Crippen LogP contribution in [0.25, 0.3) is 10.8 Å². The Hall–Kier alpha value is -6.32. The molecule has 6 aromatic heterocycles. The topological polar surface area (TPSA) is 194 Å². The average molecular weight is 1450 g/mol. The number of aromatic nitrogens is 3. The van der Waals surface area contributed by atoms with Crippen molar-refractivity contribution in [1.82, 2.24) is 15.0 Å². The van der Waals surface area contributed by atoms with E-state index in [2.05, 4.69) is 140 Å². The minimum atomic E-state index is -3.31. The van der Waals surface area contributed by atoms with Gasteiger partial charge in [-0.3, -0.25) is 4.79 Å². The number of nitrogens with zero attached hydrogens (tertiary/aromatic N) is 3. The van der Waals surface area contributed by atoms with Crippen LogP contribution in [0.3, 0.4) is 0 Å². The minimum absolute atomic E-state index is 0.116. The third-order valence-electron chi connectivity index (χ3n) is 14.1. The van der Waals surface area contributed by atoms with Gasteiger partial charge in [-0.05, 0) is 204 Å². The Kier molecular flexibility index (Phi) is 30.5. The number of rotatable bonds is 15. The summed E-state index contributed by atoms with van der Waals surface area (Å²) < 4.78 is 70.8. The van der Waals surface area contributed by atoms with Crippen LogP contribution in [0, 0.1) is 29.1 Å². The maximum atomic E-state index is 12.5. The number of ketones is 1. The number of carbonyl (C=O) groups is 1. The first-order valence-corrected chi connectivity index (χ1v) is 39.9. The summed E-state index contributed by atoms with van der Waals surface area (Å²) in [6.45, 7) is 43.4. The maximum Gasteiger partial charge on any atom is 0.192 e. The highest BCUT2D eigenvalue weighted by molar-refractivity contribution is 7.94. The molecule has 0 aliphatic carbocycles. The molecule has 0 aliphatic rings. The molecule has 3 aromatic carbocycles. The van der Waals surface area contributed by atoms with Gasteiger partial charge >= 0.3 is 0 Å². The van der Waals surface area contributed by atoms with Crippen LogP contribution in [0.4, 0.5) is 17.5 Å². The SMILES string of the molecule is CC(C)(C)C(=O)c1ccc(NCc2cccs2)nc1.CC(C)(C)Cc1ccc(NCc2cccs2)nc1.CC(C)(C)S(=O)(=O)c1cccc2ccccc12.CC(C)(C)S(=O)(=O)c1cccs1.CC(C)CNc1ccc(CC(C)(C)C)cn1.Cc1cc(Cl)cc(S(=O)(=O)C(C)(C)C)c1. The zero-order chi connectivity index (χ0) is 73.0. The van der Waals surface area contributed by atoms with Crippen molar-refractivity contribution < 1.29 is 30.0 Å². The van der Waals surface area contributed by atoms with E-state index in [9.17, 15) is 30.0 Å². The molecule has 9 rings (SSSR count). The molecule has 6 heterocycles. The molecule has 9 aromatic rings. The highest BCUT2D eigenvalue weighted by atomic mass is 35.5. The number of anilines is 3. The molecule has 0 radical (unpaired) electrons. The lowest BCUT2D eigenvalue weighted by Gasteiger charge is -2.20. The molecule has 528 valence electrons. The van der Waals surface area contributed by atoms with Crippen molar-refractivity contribution in [3.05, 3.63) is 205 Å². The number of fused-ring (bicyclic) bond motifs is 1. The fourth-order valence-electron chi connectivity index (χ4n) is 8.74. The van der Waals surface area contributed by atoms with E-state index in [4.69, 9.17) is 11.6 Å². The minimum Gasteiger partial charge on any atom is -0.370 e. The highest BCUT2D eigenvalue weighted by Gasteiger charge is 2.34. The largest absolute Gasteiger partial charge is 0.370 e. The number of halogens is 1. The number of hydrogen-bond donors (Lipinski definition) is 3. The lowest BCUT2D eigenvalue weighted by atomic mass is 9.87. The predicted octanol–water partition coefficient (Wildman–Crippen LogP) is 21.0. The van der Waals surface area contributed by atoms with Gasteiger partial charge < -0.3 is 16.0 Å². The molecule has 0 saturated heterocycles. The van der Waals surface area contributed by atoms with E-state index in [1.54, 1.807) is 133 Å². The van der Waals surface area contributed by atoms with Gasteiger partial charge in [-0.15, -0.1) is 34.0 Å². The van der Waals surface area contributed by atoms with Crippen molar-refractivity contribution in [3.8, 4) is 0 Å². The Labute approximate surface area is 599 Å². The standard InChI is InChI=1S/C15H18N2OS.C15H20N2S.C14H24N2.C14H16O2S.C11H15ClO2S.C8H12O2S2/c1-15(2,3)14(18)11-6-7-13(16-9-11)17-10-12-5-4-8-19-12;1-15(2,3)9-12-6-7-14(16-10-12)17-11-13-5-4-8-18-13;1-11(2)9-15-13-7-6-12(10-16-13)8-14(3,4)5;1-14(2,3)17(15,16)13-10-6-8-11-7-4-5-9-12(11)13;1-8-5-9(12)7-10(6-8)15(13,14)11(2,3)4;1-8(2,3)12(9,10)7-5-4-6-11-7/h4-9H,10H2,1-3H3,(H,16,17);4-8,10H,9,11H2,1-3H3,(H,16,17);6-7,10-11H,8-9H2,1-5H3,(H,15,16);4-10H,1-3H3;5-7H,1-4H3;4-6H,1-3H3. The number of Topliss-reactive ketones (excluding diaryl/α,β-unsaturated/α-hetero) is 1. The molecule has 0 amide bonds. The van der Waals surface area contributed by atoms with E-state index in [0.29, 0.717) is 41.3 Å². The van der Waals surface area contributed by atoms with Gasteiger partial charge in [0.1, 0.15) is 21.7 Å². The molecule has 13 nitrogen and oxygen atoms in total. The second kappa shape index (κ2) is 35.6. The first-order valence-electron chi connectivity index (χ1n) is 32.4. The molecular formula is C77H105ClN6O7S6. The van der Waals surface area contributed by atoms with Crippen molar-refractivity contribution in [2.24, 2.45) is 22.2 Å². The molecule has 20 heteroatoms. The third kappa shape index (κ3) is 27.7. The number of sulfone groups is 3. The van der Waals surface area contributed by atoms with E-state index in [0.717, 1.165) is 66.3 Å². The number of pyridine rings is 3. The Balaban J connectivity index is 0.000000249. The van der Waals surface area contributed by atoms with Crippen LogP contribution in [0.5, 0.6) is 0 Å². The number of benzene rings is 3. The van der Waals surface area contributed by atoms with Crippen LogP contribution >= 0.6 is 45.6 Å². The van der Waals surface area contributed by atoms with Gasteiger partial charge in [0.15, 0.2) is 35.3 Å². The molecule has 0 aliphatic heterocycles. The van der Waals surface area contributed by atoms with Crippen LogP contribution in [0.2, 0.25) is 5.02 Å². The zero-order valence-electron chi connectivity index (χ0n) is 60.8. The van der Waals surface area contributed by atoms with Crippen LogP contribution in [-0.2, 0) is 55.4 Å². The van der Waals surface area contributed by atoms with Gasteiger partial charge in [-0.1, -0.05) is 154 Å². The van der Waals surface area contributed by atoms with Gasteiger partial charge in [0.2, 0.25) is 0 Å². The summed E-state index contributed by atoms with van der Waals surface area (Å²) in [6.07, 6.45) is 7.73. The molecular weight excluding hydrogens is 1350 g/mol. The third-order valence-corrected chi connectivity index (χ3v) is 25.0. The van der Waals surface area contributed by atoms with E-state index in [1.807, 2.05) is 88.6 Å². The Morgan fingerprint density at radius 3 is 1.33 bits per heavy atom. The van der Waals surface area contributed by atoms with Crippen molar-refractivity contribution in [3.63, 3.8) is 0 Å². The van der Waals surface area contributed by atoms with Gasteiger partial charge in [-0.25, -0.2) is 40.2 Å². The summed E-state index contributed by atoms with van der Waals surface area (Å²) in [4.78, 5) is 28.5. The number of carbonyl (C=O) groups excluding carboxylic acids is 1. The quantitative estimate of drug-likeness (QED) is 0.0822. The molecule has 3 N–H and O–H groups in total. The second-order valence-corrected chi connectivity index (χ2v) is 42.2. The summed E-state index contributed by atoms with van der Waals surface area (Å²) >= 11 is 10.6. The van der Waals surface area contributed by atoms with Gasteiger partial charge in [0.05, 0.1) is 37.1 Å². The molecule has 97 heavy (non-hydrogen) atoms. The summed E-state index contributed by atoms with van der Waals surface area (Å²) in [5.41, 5.74) is 4.39. The van der Waals surface area contributed by atoms with E-state index < -0.39 is 43.8 Å². The first-order chi connectivity index (χ1) is 44.7. The maximum absolute atomic E-state index is 12.5. The van der Waals surface area contributed by atoms with Gasteiger partial charge in [-0.2, -0.15) is 0 Å². The van der Waals surface area contributed by atoms with E-state index in [1.165, 1.54) is 38.3 Å². The average Bonchev–Trinajstić information content (AvgIpc) is 1.84. The molecule has 0 spiro atoms. The van der Waals surface area contributed by atoms with Crippen molar-refractivity contribution in [2.45, 2.75) is 200 Å². The molecule has 0 atom stereocenters. The number of aryl methyl sites for hydroxylation is 1. The first kappa shape index (κ1) is 83.1. The summed E-state index contributed by atoms with van der Waals surface area (Å²) in [5.74, 6) is 3.48. The van der Waals surface area contributed by atoms with Crippen molar-refractivity contribution in [2.75, 3.05) is 22.5 Å². The zero-order valence-corrected chi connectivity index (χ0v) is 66.5. The number of hydrogen-bond acceptors (Lipinski definition) is 16. The lowest BCUT2D eigenvalue weighted by molar-refractivity contribution is 0.0858. The summed E-state index contributed by atoms with van der Waals surface area (Å²) in [6, 6.07) is 41.7. The highest BCUT2D eigenvalue weighted by Crippen LogP contribution is 2.33. The Bertz CT molecular complexity index is 4170. The molecule has 0 fully saturated rings. The van der Waals surface area contributed by atoms with E-state index >= 15 is 0 Å². The second-order valence-electron chi connectivity index (χ2n) is 30.5. The Morgan fingerprint density at radius 1 is 0.485 bits per heavy atom. The number of nitrogens with one attached hydrogen (secondary N) is 3. The summed E-state index contributed by atoms with van der Waals surface area (Å²) in [7, 11) is -9.72. The van der Waals surface area contributed by atoms with Crippen LogP contribution in [0.1, 0.15) is 175 Å². The van der Waals surface area contributed by atoms with Gasteiger partial charge in [0, 0.05) is 56.3 Å². The lowest BCUT2D eigenvalue weighted by Crippen LogP contribution is -2.28. The molecule has 0 unspecified atom stereocenters. The van der Waals surface area contributed by atoms with Crippen molar-refractivity contribution in [1.29, 1.82) is 0 Å². The normalized spacial score (nSPS) is 12.2. The predicted molar refractivity (Wildman–Crippen MR) is 415 cm³/mol.